The Kier molecular flexibility index (Phi) is 4.12. The Bertz CT molecular complexity index is 453. The van der Waals surface area contributed by atoms with E-state index in [2.05, 4.69) is 14.4 Å². The maximum atomic E-state index is 11.6. The van der Waals surface area contributed by atoms with Crippen LogP contribution in [0.1, 0.15) is 19.4 Å². The third-order valence-electron chi connectivity index (χ3n) is 1.74. The number of pyridine rings is 1. The lowest BCUT2D eigenvalue weighted by molar-refractivity contribution is 0.575. The molecule has 0 aliphatic rings. The average molecular weight is 264 g/mol. The van der Waals surface area contributed by atoms with Crippen molar-refractivity contribution in [2.45, 2.75) is 26.8 Å². The van der Waals surface area contributed by atoms with E-state index >= 15 is 0 Å². The number of anilines is 1. The Morgan fingerprint density at radius 3 is 2.56 bits per heavy atom. The summed E-state index contributed by atoms with van der Waals surface area (Å²) >= 11 is 5.81. The molecule has 0 unspecified atom stereocenters. The van der Waals surface area contributed by atoms with Crippen LogP contribution in [0.25, 0.3) is 0 Å². The molecule has 1 aromatic rings. The van der Waals surface area contributed by atoms with E-state index in [4.69, 9.17) is 11.6 Å². The highest BCUT2D eigenvalue weighted by Gasteiger charge is 2.15. The van der Waals surface area contributed by atoms with Crippen LogP contribution in [-0.4, -0.2) is 19.4 Å². The number of aryl methyl sites for hydroxylation is 1. The van der Waals surface area contributed by atoms with Crippen molar-refractivity contribution in [1.29, 1.82) is 0 Å². The summed E-state index contributed by atoms with van der Waals surface area (Å²) in [6, 6.07) is 1.49. The van der Waals surface area contributed by atoms with Crippen LogP contribution in [0.4, 0.5) is 5.69 Å². The van der Waals surface area contributed by atoms with Crippen LogP contribution >= 0.6 is 11.6 Å². The van der Waals surface area contributed by atoms with Crippen molar-refractivity contribution >= 4 is 27.5 Å². The maximum absolute atomic E-state index is 11.6. The molecule has 16 heavy (non-hydrogen) atoms. The highest BCUT2D eigenvalue weighted by molar-refractivity contribution is 7.90. The van der Waals surface area contributed by atoms with Gasteiger partial charge >= 0.3 is 0 Å². The minimum Gasteiger partial charge on any atom is -0.268 e. The Labute approximate surface area is 100 Å². The minimum atomic E-state index is -3.60. The molecule has 0 spiro atoms. The summed E-state index contributed by atoms with van der Waals surface area (Å²) in [7, 11) is -3.60. The molecule has 0 aliphatic heterocycles. The van der Waals surface area contributed by atoms with Gasteiger partial charge in [0, 0.05) is 12.2 Å². The van der Waals surface area contributed by atoms with Crippen LogP contribution in [0, 0.1) is 6.92 Å². The van der Waals surface area contributed by atoms with E-state index in [0.717, 1.165) is 0 Å². The summed E-state index contributed by atoms with van der Waals surface area (Å²) in [5.74, 6) is 0. The smallest absolute Gasteiger partial charge is 0.268 e. The zero-order valence-electron chi connectivity index (χ0n) is 9.28. The molecule has 0 amide bonds. The van der Waals surface area contributed by atoms with Crippen LogP contribution in [0.5, 0.6) is 0 Å². The fourth-order valence-electron chi connectivity index (χ4n) is 1.12. The third kappa shape index (κ3) is 3.62. The third-order valence-corrected chi connectivity index (χ3v) is 3.28. The Balaban J connectivity index is 2.97. The molecule has 1 heterocycles. The van der Waals surface area contributed by atoms with Crippen LogP contribution in [-0.2, 0) is 10.2 Å². The molecule has 0 aromatic carbocycles. The van der Waals surface area contributed by atoms with Gasteiger partial charge in [0.25, 0.3) is 10.2 Å². The van der Waals surface area contributed by atoms with Crippen molar-refractivity contribution in [3.63, 3.8) is 0 Å². The van der Waals surface area contributed by atoms with E-state index in [1.54, 1.807) is 26.8 Å². The van der Waals surface area contributed by atoms with Crippen molar-refractivity contribution in [3.05, 3.63) is 23.0 Å². The van der Waals surface area contributed by atoms with Crippen molar-refractivity contribution in [3.8, 4) is 0 Å². The number of halogens is 1. The molecule has 90 valence electrons. The highest BCUT2D eigenvalue weighted by Crippen LogP contribution is 2.23. The molecule has 0 bridgehead atoms. The SMILES string of the molecule is Cc1ccnc(Cl)c1NS(=O)(=O)NC(C)C. The lowest BCUT2D eigenvalue weighted by Gasteiger charge is -2.13. The van der Waals surface area contributed by atoms with Gasteiger partial charge in [-0.2, -0.15) is 13.1 Å². The van der Waals surface area contributed by atoms with Gasteiger partial charge < -0.3 is 0 Å². The number of hydrogen-bond acceptors (Lipinski definition) is 3. The predicted octanol–water partition coefficient (Wildman–Crippen LogP) is 1.70. The first-order valence-corrected chi connectivity index (χ1v) is 6.59. The van der Waals surface area contributed by atoms with E-state index in [1.165, 1.54) is 6.20 Å². The summed E-state index contributed by atoms with van der Waals surface area (Å²) in [4.78, 5) is 3.81. The van der Waals surface area contributed by atoms with Crippen molar-refractivity contribution < 1.29 is 8.42 Å². The molecule has 0 radical (unpaired) electrons. The second-order valence-electron chi connectivity index (χ2n) is 3.67. The van der Waals surface area contributed by atoms with Gasteiger partial charge in [-0.05, 0) is 32.4 Å². The maximum Gasteiger partial charge on any atom is 0.299 e. The zero-order chi connectivity index (χ0) is 12.3. The summed E-state index contributed by atoms with van der Waals surface area (Å²) in [5.41, 5.74) is 1.02. The summed E-state index contributed by atoms with van der Waals surface area (Å²) in [5, 5.41) is 0.133. The van der Waals surface area contributed by atoms with Crippen LogP contribution < -0.4 is 9.44 Å². The zero-order valence-corrected chi connectivity index (χ0v) is 10.9. The summed E-state index contributed by atoms with van der Waals surface area (Å²) in [6.45, 7) is 5.22. The first kappa shape index (κ1) is 13.2. The van der Waals surface area contributed by atoms with E-state index < -0.39 is 10.2 Å². The number of rotatable bonds is 4. The molecular weight excluding hydrogens is 250 g/mol. The second kappa shape index (κ2) is 4.99. The first-order chi connectivity index (χ1) is 7.32. The summed E-state index contributed by atoms with van der Waals surface area (Å²) < 4.78 is 28.0. The lowest BCUT2D eigenvalue weighted by atomic mass is 10.3. The second-order valence-corrected chi connectivity index (χ2v) is 5.48. The van der Waals surface area contributed by atoms with Crippen molar-refractivity contribution in [1.82, 2.24) is 9.71 Å². The fourth-order valence-corrected chi connectivity index (χ4v) is 2.64. The fraction of sp³-hybridized carbons (Fsp3) is 0.444. The topological polar surface area (TPSA) is 71.1 Å². The van der Waals surface area contributed by atoms with E-state index in [9.17, 15) is 8.42 Å². The predicted molar refractivity (Wildman–Crippen MR) is 64.8 cm³/mol. The molecule has 0 saturated heterocycles. The van der Waals surface area contributed by atoms with Gasteiger partial charge in [0.15, 0.2) is 5.15 Å². The minimum absolute atomic E-state index is 0.133. The van der Waals surface area contributed by atoms with Crippen molar-refractivity contribution in [2.24, 2.45) is 0 Å². The molecular formula is C9H14ClN3O2S. The summed E-state index contributed by atoms with van der Waals surface area (Å²) in [6.07, 6.45) is 1.52. The Morgan fingerprint density at radius 1 is 1.44 bits per heavy atom. The molecule has 0 aliphatic carbocycles. The van der Waals surface area contributed by atoms with E-state index in [1.807, 2.05) is 0 Å². The highest BCUT2D eigenvalue weighted by atomic mass is 35.5. The lowest BCUT2D eigenvalue weighted by Crippen LogP contribution is -2.35. The molecule has 0 fully saturated rings. The van der Waals surface area contributed by atoms with Gasteiger partial charge in [0.05, 0.1) is 5.69 Å². The normalized spacial score (nSPS) is 11.8. The molecule has 1 aromatic heterocycles. The van der Waals surface area contributed by atoms with Gasteiger partial charge in [-0.25, -0.2) is 4.98 Å². The van der Waals surface area contributed by atoms with Gasteiger partial charge in [-0.15, -0.1) is 0 Å². The molecule has 1 rings (SSSR count). The molecule has 5 nitrogen and oxygen atoms in total. The van der Waals surface area contributed by atoms with Crippen molar-refractivity contribution in [2.75, 3.05) is 4.72 Å². The Morgan fingerprint density at radius 2 is 2.06 bits per heavy atom. The van der Waals surface area contributed by atoms with E-state index in [0.29, 0.717) is 11.3 Å². The van der Waals surface area contributed by atoms with E-state index in [-0.39, 0.29) is 11.2 Å². The van der Waals surface area contributed by atoms with Gasteiger partial charge in [-0.3, -0.25) is 4.72 Å². The Hall–Kier alpha value is -0.850. The average Bonchev–Trinajstić information content (AvgIpc) is 2.09. The van der Waals surface area contributed by atoms with Crippen LogP contribution in [0.15, 0.2) is 12.3 Å². The molecule has 0 saturated carbocycles. The number of nitrogens with zero attached hydrogens (tertiary/aromatic N) is 1. The number of hydrogen-bond donors (Lipinski definition) is 2. The quantitative estimate of drug-likeness (QED) is 0.813. The first-order valence-electron chi connectivity index (χ1n) is 4.73. The van der Waals surface area contributed by atoms with Crippen LogP contribution in [0.2, 0.25) is 5.15 Å². The van der Waals surface area contributed by atoms with Gasteiger partial charge in [0.1, 0.15) is 0 Å². The largest absolute Gasteiger partial charge is 0.299 e. The molecule has 2 N–H and O–H groups in total. The van der Waals surface area contributed by atoms with Gasteiger partial charge in [0.2, 0.25) is 0 Å². The monoisotopic (exact) mass is 263 g/mol. The molecule has 7 heteroatoms. The van der Waals surface area contributed by atoms with Gasteiger partial charge in [-0.1, -0.05) is 11.6 Å². The molecule has 0 atom stereocenters. The number of nitrogens with one attached hydrogen (secondary N) is 2. The van der Waals surface area contributed by atoms with Crippen LogP contribution in [0.3, 0.4) is 0 Å². The number of aromatic nitrogens is 1. The standard InChI is InChI=1S/C9H14ClN3O2S/c1-6(2)12-16(14,15)13-8-7(3)4-5-11-9(8)10/h4-6,12-13H,1-3H3.